The molecule has 98 valence electrons. The van der Waals surface area contributed by atoms with Gasteiger partial charge in [0.15, 0.2) is 0 Å². The molecule has 0 spiro atoms. The second kappa shape index (κ2) is 5.98. The number of nitriles is 1. The van der Waals surface area contributed by atoms with Gasteiger partial charge in [-0.15, -0.1) is 0 Å². The number of aromatic nitrogens is 2. The molecule has 1 atom stereocenters. The van der Waals surface area contributed by atoms with Crippen LogP contribution in [0.5, 0.6) is 0 Å². The van der Waals surface area contributed by atoms with Gasteiger partial charge in [0, 0.05) is 30.0 Å². The van der Waals surface area contributed by atoms with E-state index in [0.29, 0.717) is 6.54 Å². The number of hydrogen-bond acceptors (Lipinski definition) is 4. The second-order valence-corrected chi connectivity index (χ2v) is 5.34. The minimum atomic E-state index is -0.0152. The predicted octanol–water partition coefficient (Wildman–Crippen LogP) is 3.38. The van der Waals surface area contributed by atoms with Gasteiger partial charge in [0.05, 0.1) is 23.2 Å². The summed E-state index contributed by atoms with van der Waals surface area (Å²) in [6.07, 6.45) is 3.56. The van der Waals surface area contributed by atoms with Gasteiger partial charge in [0.2, 0.25) is 0 Å². The average molecular weight is 319 g/mol. The fourth-order valence-corrected chi connectivity index (χ4v) is 2.34. The number of hydrogen-bond donors (Lipinski definition) is 0. The largest absolute Gasteiger partial charge is 0.369 e. The minimum absolute atomic E-state index is 0.0152. The van der Waals surface area contributed by atoms with Crippen molar-refractivity contribution in [2.75, 3.05) is 18.0 Å². The van der Waals surface area contributed by atoms with E-state index < -0.39 is 0 Å². The molecule has 0 saturated carbocycles. The first-order valence-electron chi connectivity index (χ1n) is 6.20. The Bertz CT molecular complexity index is 620. The van der Waals surface area contributed by atoms with Gasteiger partial charge in [-0.1, -0.05) is 0 Å². The van der Waals surface area contributed by atoms with E-state index in [1.165, 1.54) is 0 Å². The zero-order valence-corrected chi connectivity index (χ0v) is 12.6. The van der Waals surface area contributed by atoms with E-state index in [1.807, 2.05) is 19.1 Å². The molecule has 1 unspecified atom stereocenters. The molecule has 19 heavy (non-hydrogen) atoms. The number of pyridine rings is 2. The fourth-order valence-electron chi connectivity index (χ4n) is 2.02. The maximum absolute atomic E-state index is 8.96. The summed E-state index contributed by atoms with van der Waals surface area (Å²) in [7, 11) is 0. The Morgan fingerprint density at radius 2 is 2.26 bits per heavy atom. The molecular formula is C14H15BrN4. The zero-order valence-electron chi connectivity index (χ0n) is 11.0. The topological polar surface area (TPSA) is 52.8 Å². The molecule has 0 aromatic carbocycles. The van der Waals surface area contributed by atoms with Gasteiger partial charge in [-0.05, 0) is 41.9 Å². The quantitative estimate of drug-likeness (QED) is 0.867. The summed E-state index contributed by atoms with van der Waals surface area (Å²) in [5.41, 5.74) is 2.76. The molecule has 0 saturated heterocycles. The van der Waals surface area contributed by atoms with Crippen LogP contribution in [-0.2, 0) is 0 Å². The van der Waals surface area contributed by atoms with Gasteiger partial charge in [-0.25, -0.2) is 0 Å². The number of anilines is 1. The SMILES string of the molecule is CCN(CC(C)C#N)c1ccnc2cc(Br)cnc12. The Hall–Kier alpha value is -1.67. The first-order valence-corrected chi connectivity index (χ1v) is 6.99. The number of halogens is 1. The molecule has 4 nitrogen and oxygen atoms in total. The molecule has 0 aliphatic heterocycles. The van der Waals surface area contributed by atoms with Crippen LogP contribution in [0.25, 0.3) is 11.0 Å². The van der Waals surface area contributed by atoms with E-state index >= 15 is 0 Å². The Balaban J connectivity index is 2.46. The molecule has 2 aromatic rings. The van der Waals surface area contributed by atoms with Crippen LogP contribution in [0, 0.1) is 17.2 Å². The van der Waals surface area contributed by atoms with Crippen LogP contribution in [0.2, 0.25) is 0 Å². The van der Waals surface area contributed by atoms with Crippen LogP contribution in [0.15, 0.2) is 29.0 Å². The van der Waals surface area contributed by atoms with E-state index in [2.05, 4.69) is 43.8 Å². The van der Waals surface area contributed by atoms with Gasteiger partial charge >= 0.3 is 0 Å². The van der Waals surface area contributed by atoms with Crippen molar-refractivity contribution in [3.63, 3.8) is 0 Å². The van der Waals surface area contributed by atoms with Crippen molar-refractivity contribution in [1.82, 2.24) is 9.97 Å². The van der Waals surface area contributed by atoms with Crippen molar-refractivity contribution in [2.45, 2.75) is 13.8 Å². The van der Waals surface area contributed by atoms with Gasteiger partial charge in [-0.3, -0.25) is 9.97 Å². The summed E-state index contributed by atoms with van der Waals surface area (Å²) in [6.45, 7) is 5.54. The standard InChI is InChI=1S/C14H15BrN4/c1-3-19(9-10(2)7-16)13-4-5-17-12-6-11(15)8-18-14(12)13/h4-6,8,10H,3,9H2,1-2H3. The highest BCUT2D eigenvalue weighted by atomic mass is 79.9. The first-order chi connectivity index (χ1) is 9.15. The van der Waals surface area contributed by atoms with E-state index in [-0.39, 0.29) is 5.92 Å². The first kappa shape index (κ1) is 13.8. The molecule has 0 bridgehead atoms. The van der Waals surface area contributed by atoms with Gasteiger partial charge < -0.3 is 4.90 Å². The number of nitrogens with zero attached hydrogens (tertiary/aromatic N) is 4. The lowest BCUT2D eigenvalue weighted by molar-refractivity contribution is 0.687. The maximum atomic E-state index is 8.96. The third-order valence-electron chi connectivity index (χ3n) is 2.96. The highest BCUT2D eigenvalue weighted by molar-refractivity contribution is 9.10. The van der Waals surface area contributed by atoms with E-state index in [4.69, 9.17) is 5.26 Å². The molecule has 5 heteroatoms. The van der Waals surface area contributed by atoms with Crippen molar-refractivity contribution in [2.24, 2.45) is 5.92 Å². The summed E-state index contributed by atoms with van der Waals surface area (Å²) in [5, 5.41) is 8.96. The van der Waals surface area contributed by atoms with Crippen molar-refractivity contribution >= 4 is 32.7 Å². The summed E-state index contributed by atoms with van der Waals surface area (Å²) < 4.78 is 0.915. The van der Waals surface area contributed by atoms with Crippen LogP contribution < -0.4 is 4.90 Å². The molecule has 0 radical (unpaired) electrons. The third-order valence-corrected chi connectivity index (χ3v) is 3.39. The molecule has 2 rings (SSSR count). The molecular weight excluding hydrogens is 304 g/mol. The van der Waals surface area contributed by atoms with Crippen LogP contribution in [0.1, 0.15) is 13.8 Å². The summed E-state index contributed by atoms with van der Waals surface area (Å²) in [5.74, 6) is -0.0152. The van der Waals surface area contributed by atoms with Gasteiger partial charge in [-0.2, -0.15) is 5.26 Å². The molecule has 0 aliphatic carbocycles. The van der Waals surface area contributed by atoms with Gasteiger partial charge in [0.1, 0.15) is 5.52 Å². The van der Waals surface area contributed by atoms with Crippen LogP contribution in [0.3, 0.4) is 0 Å². The van der Waals surface area contributed by atoms with Crippen molar-refractivity contribution in [3.05, 3.63) is 29.0 Å². The minimum Gasteiger partial charge on any atom is -0.369 e. The lowest BCUT2D eigenvalue weighted by Gasteiger charge is -2.24. The Labute approximate surface area is 121 Å². The van der Waals surface area contributed by atoms with Crippen LogP contribution in [0.4, 0.5) is 5.69 Å². The number of rotatable bonds is 4. The average Bonchev–Trinajstić information content (AvgIpc) is 2.43. The molecule has 0 aliphatic rings. The third kappa shape index (κ3) is 3.02. The molecule has 2 aromatic heterocycles. The maximum Gasteiger partial charge on any atom is 0.112 e. The molecule has 0 amide bonds. The fraction of sp³-hybridized carbons (Fsp3) is 0.357. The summed E-state index contributed by atoms with van der Waals surface area (Å²) in [6, 6.07) is 6.18. The Morgan fingerprint density at radius 1 is 1.47 bits per heavy atom. The predicted molar refractivity (Wildman–Crippen MR) is 79.9 cm³/mol. The van der Waals surface area contributed by atoms with E-state index in [1.54, 1.807) is 12.4 Å². The van der Waals surface area contributed by atoms with Crippen molar-refractivity contribution in [3.8, 4) is 6.07 Å². The van der Waals surface area contributed by atoms with Crippen molar-refractivity contribution in [1.29, 1.82) is 5.26 Å². The van der Waals surface area contributed by atoms with E-state index in [9.17, 15) is 0 Å². The van der Waals surface area contributed by atoms with Crippen molar-refractivity contribution < 1.29 is 0 Å². The lowest BCUT2D eigenvalue weighted by atomic mass is 10.1. The van der Waals surface area contributed by atoms with E-state index in [0.717, 1.165) is 27.7 Å². The smallest absolute Gasteiger partial charge is 0.112 e. The summed E-state index contributed by atoms with van der Waals surface area (Å²) >= 11 is 3.40. The van der Waals surface area contributed by atoms with Crippen LogP contribution in [-0.4, -0.2) is 23.1 Å². The highest BCUT2D eigenvalue weighted by Gasteiger charge is 2.13. The second-order valence-electron chi connectivity index (χ2n) is 4.42. The van der Waals surface area contributed by atoms with Gasteiger partial charge in [0.25, 0.3) is 0 Å². The summed E-state index contributed by atoms with van der Waals surface area (Å²) in [4.78, 5) is 10.9. The zero-order chi connectivity index (χ0) is 13.8. The Kier molecular flexibility index (Phi) is 4.33. The Morgan fingerprint density at radius 3 is 2.95 bits per heavy atom. The normalized spacial score (nSPS) is 12.1. The monoisotopic (exact) mass is 318 g/mol. The highest BCUT2D eigenvalue weighted by Crippen LogP contribution is 2.25. The molecule has 0 N–H and O–H groups in total. The molecule has 0 fully saturated rings. The van der Waals surface area contributed by atoms with Crippen LogP contribution >= 0.6 is 15.9 Å². The lowest BCUT2D eigenvalue weighted by Crippen LogP contribution is -2.28. The molecule has 2 heterocycles. The number of fused-ring (bicyclic) bond motifs is 1.